The van der Waals surface area contributed by atoms with Crippen LogP contribution in [-0.2, 0) is 21.5 Å². The van der Waals surface area contributed by atoms with Gasteiger partial charge in [-0.1, -0.05) is 69.1 Å². The van der Waals surface area contributed by atoms with Gasteiger partial charge in [0.15, 0.2) is 6.61 Å². The van der Waals surface area contributed by atoms with E-state index in [1.165, 1.54) is 10.5 Å². The van der Waals surface area contributed by atoms with Gasteiger partial charge in [0.05, 0.1) is 0 Å². The zero-order valence-electron chi connectivity index (χ0n) is 20.2. The maximum Gasteiger partial charge on any atom is 0.261 e. The number of hydrogen-bond donors (Lipinski definition) is 1. The molecule has 0 spiro atoms. The van der Waals surface area contributed by atoms with Crippen molar-refractivity contribution in [3.63, 3.8) is 0 Å². The molecule has 0 radical (unpaired) electrons. The van der Waals surface area contributed by atoms with E-state index in [0.29, 0.717) is 27.8 Å². The molecule has 33 heavy (non-hydrogen) atoms. The summed E-state index contributed by atoms with van der Waals surface area (Å²) in [4.78, 5) is 27.7. The normalized spacial score (nSPS) is 12.4. The molecule has 0 aliphatic rings. The summed E-state index contributed by atoms with van der Waals surface area (Å²) in [7, 11) is 0. The summed E-state index contributed by atoms with van der Waals surface area (Å²) in [6, 6.07) is 12.1. The van der Waals surface area contributed by atoms with Crippen LogP contribution in [0.15, 0.2) is 42.5 Å². The first-order chi connectivity index (χ1) is 15.4. The van der Waals surface area contributed by atoms with Gasteiger partial charge >= 0.3 is 0 Å². The number of rotatable bonds is 9. The van der Waals surface area contributed by atoms with Crippen LogP contribution in [0.2, 0.25) is 10.0 Å². The number of hydrogen-bond acceptors (Lipinski definition) is 3. The average Bonchev–Trinajstić information content (AvgIpc) is 2.73. The number of halogens is 2. The lowest BCUT2D eigenvalue weighted by Crippen LogP contribution is -2.51. The smallest absolute Gasteiger partial charge is 0.261 e. The quantitative estimate of drug-likeness (QED) is 0.466. The Labute approximate surface area is 207 Å². The van der Waals surface area contributed by atoms with E-state index in [1.807, 2.05) is 45.0 Å². The van der Waals surface area contributed by atoms with E-state index in [1.54, 1.807) is 18.2 Å². The second kappa shape index (κ2) is 11.8. The van der Waals surface area contributed by atoms with Crippen molar-refractivity contribution < 1.29 is 14.3 Å². The standard InChI is InChI=1S/C26H34Cl2N2O3/c1-7-23(25(32)29-17(2)3)30(15-20-21(27)9-8-10-22(20)28)24(31)16-33-19-13-11-18(12-14-19)26(4,5)6/h8-14,17,23H,7,15-16H2,1-6H3,(H,29,32). The van der Waals surface area contributed by atoms with E-state index < -0.39 is 6.04 Å². The maximum absolute atomic E-state index is 13.3. The van der Waals surface area contributed by atoms with Crippen molar-refractivity contribution >= 4 is 35.0 Å². The fourth-order valence-electron chi connectivity index (χ4n) is 3.43. The van der Waals surface area contributed by atoms with Gasteiger partial charge in [-0.15, -0.1) is 0 Å². The van der Waals surface area contributed by atoms with E-state index in [2.05, 4.69) is 26.1 Å². The summed E-state index contributed by atoms with van der Waals surface area (Å²) in [5, 5.41) is 3.78. The molecule has 0 aromatic heterocycles. The van der Waals surface area contributed by atoms with Crippen LogP contribution in [0.1, 0.15) is 59.1 Å². The number of nitrogens with one attached hydrogen (secondary N) is 1. The van der Waals surface area contributed by atoms with Crippen molar-refractivity contribution in [2.75, 3.05) is 6.61 Å². The van der Waals surface area contributed by atoms with Crippen molar-refractivity contribution in [3.05, 3.63) is 63.6 Å². The van der Waals surface area contributed by atoms with Gasteiger partial charge in [0.25, 0.3) is 5.91 Å². The molecule has 1 N–H and O–H groups in total. The van der Waals surface area contributed by atoms with E-state index in [-0.39, 0.29) is 36.4 Å². The van der Waals surface area contributed by atoms with E-state index in [4.69, 9.17) is 27.9 Å². The third-order valence-corrected chi connectivity index (χ3v) is 6.00. The summed E-state index contributed by atoms with van der Waals surface area (Å²) < 4.78 is 5.78. The maximum atomic E-state index is 13.3. The minimum Gasteiger partial charge on any atom is -0.484 e. The van der Waals surface area contributed by atoms with Crippen LogP contribution in [-0.4, -0.2) is 35.4 Å². The minimum atomic E-state index is -0.681. The molecule has 2 aromatic carbocycles. The second-order valence-corrected chi connectivity index (χ2v) is 10.2. The molecular formula is C26H34Cl2N2O3. The first kappa shape index (κ1) is 27.0. The predicted octanol–water partition coefficient (Wildman–Crippen LogP) is 6.00. The van der Waals surface area contributed by atoms with Crippen LogP contribution in [0, 0.1) is 0 Å². The summed E-state index contributed by atoms with van der Waals surface area (Å²) in [5.74, 6) is 0.0435. The molecule has 1 atom stereocenters. The average molecular weight is 493 g/mol. The number of carbonyl (C=O) groups is 2. The predicted molar refractivity (Wildman–Crippen MR) is 135 cm³/mol. The molecule has 2 amide bonds. The highest BCUT2D eigenvalue weighted by Crippen LogP contribution is 2.27. The Morgan fingerprint density at radius 2 is 1.61 bits per heavy atom. The van der Waals surface area contributed by atoms with Crippen LogP contribution in [0.5, 0.6) is 5.75 Å². The summed E-state index contributed by atoms with van der Waals surface area (Å²) in [5.41, 5.74) is 1.80. The molecule has 0 heterocycles. The number of amides is 2. The van der Waals surface area contributed by atoms with Crippen LogP contribution < -0.4 is 10.1 Å². The first-order valence-electron chi connectivity index (χ1n) is 11.2. The zero-order valence-corrected chi connectivity index (χ0v) is 21.8. The molecule has 0 saturated carbocycles. The highest BCUT2D eigenvalue weighted by atomic mass is 35.5. The van der Waals surface area contributed by atoms with Gasteiger partial charge < -0.3 is 15.0 Å². The Morgan fingerprint density at radius 3 is 2.09 bits per heavy atom. The fourth-order valence-corrected chi connectivity index (χ4v) is 3.95. The molecule has 0 saturated heterocycles. The summed E-state index contributed by atoms with van der Waals surface area (Å²) in [6.07, 6.45) is 0.437. The third kappa shape index (κ3) is 7.65. The van der Waals surface area contributed by atoms with Crippen molar-refractivity contribution in [2.24, 2.45) is 0 Å². The lowest BCUT2D eigenvalue weighted by molar-refractivity contribution is -0.143. The Bertz CT molecular complexity index is 933. The van der Waals surface area contributed by atoms with Crippen molar-refractivity contribution in [1.82, 2.24) is 10.2 Å². The number of benzene rings is 2. The van der Waals surface area contributed by atoms with Gasteiger partial charge in [-0.2, -0.15) is 0 Å². The van der Waals surface area contributed by atoms with E-state index in [9.17, 15) is 9.59 Å². The Morgan fingerprint density at radius 1 is 1.03 bits per heavy atom. The van der Waals surface area contributed by atoms with Gasteiger partial charge in [-0.05, 0) is 55.5 Å². The topological polar surface area (TPSA) is 58.6 Å². The summed E-state index contributed by atoms with van der Waals surface area (Å²) >= 11 is 12.7. The van der Waals surface area contributed by atoms with E-state index >= 15 is 0 Å². The summed E-state index contributed by atoms with van der Waals surface area (Å²) in [6.45, 7) is 11.9. The van der Waals surface area contributed by atoms with Gasteiger partial charge in [0.1, 0.15) is 11.8 Å². The molecule has 180 valence electrons. The monoisotopic (exact) mass is 492 g/mol. The van der Waals surface area contributed by atoms with Crippen LogP contribution in [0.3, 0.4) is 0 Å². The van der Waals surface area contributed by atoms with Gasteiger partial charge in [-0.25, -0.2) is 0 Å². The number of nitrogens with zero attached hydrogens (tertiary/aromatic N) is 1. The molecule has 7 heteroatoms. The second-order valence-electron chi connectivity index (χ2n) is 9.37. The Balaban J connectivity index is 2.25. The molecule has 5 nitrogen and oxygen atoms in total. The molecular weight excluding hydrogens is 459 g/mol. The number of carbonyl (C=O) groups excluding carboxylic acids is 2. The fraction of sp³-hybridized carbons (Fsp3) is 0.462. The molecule has 0 aliphatic carbocycles. The SMILES string of the molecule is CCC(C(=O)NC(C)C)N(Cc1c(Cl)cccc1Cl)C(=O)COc1ccc(C(C)(C)C)cc1. The van der Waals surface area contributed by atoms with Gasteiger partial charge in [0.2, 0.25) is 5.91 Å². The molecule has 1 unspecified atom stereocenters. The highest BCUT2D eigenvalue weighted by molar-refractivity contribution is 6.36. The molecule has 0 bridgehead atoms. The van der Waals surface area contributed by atoms with E-state index in [0.717, 1.165) is 0 Å². The van der Waals surface area contributed by atoms with Crippen molar-refractivity contribution in [1.29, 1.82) is 0 Å². The lowest BCUT2D eigenvalue weighted by Gasteiger charge is -2.31. The van der Waals surface area contributed by atoms with Gasteiger partial charge in [0, 0.05) is 28.2 Å². The Kier molecular flexibility index (Phi) is 9.62. The molecule has 2 aromatic rings. The van der Waals surface area contributed by atoms with Gasteiger partial charge in [-0.3, -0.25) is 9.59 Å². The van der Waals surface area contributed by atoms with Crippen LogP contribution in [0.25, 0.3) is 0 Å². The number of ether oxygens (including phenoxy) is 1. The molecule has 0 fully saturated rings. The minimum absolute atomic E-state index is 0.0253. The molecule has 0 aliphatic heterocycles. The first-order valence-corrected chi connectivity index (χ1v) is 12.0. The van der Waals surface area contributed by atoms with Crippen molar-refractivity contribution in [2.45, 2.75) is 72.0 Å². The molecule has 2 rings (SSSR count). The van der Waals surface area contributed by atoms with Crippen molar-refractivity contribution in [3.8, 4) is 5.75 Å². The lowest BCUT2D eigenvalue weighted by atomic mass is 9.87. The van der Waals surface area contributed by atoms with Crippen LogP contribution in [0.4, 0.5) is 0 Å². The third-order valence-electron chi connectivity index (χ3n) is 5.29. The largest absolute Gasteiger partial charge is 0.484 e. The zero-order chi connectivity index (χ0) is 24.8. The highest BCUT2D eigenvalue weighted by Gasteiger charge is 2.30. The Hall–Kier alpha value is -2.24. The van der Waals surface area contributed by atoms with Crippen LogP contribution >= 0.6 is 23.2 Å².